The molecule has 0 radical (unpaired) electrons. The highest BCUT2D eigenvalue weighted by atomic mass is 19.4. The fraction of sp³-hybridized carbons (Fsp3) is 0.765. The van der Waals surface area contributed by atoms with Crippen molar-refractivity contribution in [2.45, 2.75) is 51.4 Å². The lowest BCUT2D eigenvalue weighted by atomic mass is 9.84. The Morgan fingerprint density at radius 2 is 2.04 bits per heavy atom. The fourth-order valence-corrected chi connectivity index (χ4v) is 3.55. The monoisotopic (exact) mass is 374 g/mol. The van der Waals surface area contributed by atoms with Gasteiger partial charge in [-0.2, -0.15) is 18.3 Å². The van der Waals surface area contributed by atoms with E-state index in [1.807, 2.05) is 0 Å². The summed E-state index contributed by atoms with van der Waals surface area (Å²) in [6, 6.07) is 0.871. The van der Waals surface area contributed by atoms with Crippen molar-refractivity contribution >= 4 is 6.03 Å². The number of carbonyl (C=O) groups excluding carboxylic acids is 1. The Kier molecular flexibility index (Phi) is 5.18. The molecule has 1 spiro atoms. The quantitative estimate of drug-likeness (QED) is 0.882. The lowest BCUT2D eigenvalue weighted by molar-refractivity contribution is -0.169. The smallest absolute Gasteiger partial charge is 0.375 e. The van der Waals surface area contributed by atoms with Crippen LogP contribution in [-0.2, 0) is 17.5 Å². The summed E-state index contributed by atoms with van der Waals surface area (Å²) in [5, 5.41) is 6.75. The average Bonchev–Trinajstić information content (AvgIpc) is 2.92. The molecule has 1 atom stereocenters. The molecule has 146 valence electrons. The maximum Gasteiger partial charge on any atom is 0.433 e. The predicted molar refractivity (Wildman–Crippen MR) is 88.6 cm³/mol. The highest BCUT2D eigenvalue weighted by Crippen LogP contribution is 2.36. The summed E-state index contributed by atoms with van der Waals surface area (Å²) in [5.41, 5.74) is -0.445. The molecule has 1 unspecified atom stereocenters. The van der Waals surface area contributed by atoms with Crippen molar-refractivity contribution in [3.63, 3.8) is 0 Å². The van der Waals surface area contributed by atoms with Crippen molar-refractivity contribution in [1.29, 1.82) is 0 Å². The molecule has 1 N–H and O–H groups in total. The summed E-state index contributed by atoms with van der Waals surface area (Å²) in [7, 11) is 0. The Balaban J connectivity index is 1.47. The van der Waals surface area contributed by atoms with E-state index in [4.69, 9.17) is 4.74 Å². The normalized spacial score (nSPS) is 20.7. The Morgan fingerprint density at radius 1 is 1.38 bits per heavy atom. The Bertz CT molecular complexity index is 645. The highest BCUT2D eigenvalue weighted by molar-refractivity contribution is 5.74. The first-order valence-corrected chi connectivity index (χ1v) is 8.97. The van der Waals surface area contributed by atoms with Gasteiger partial charge in [-0.15, -0.1) is 0 Å². The number of amides is 2. The number of aromatic nitrogens is 2. The second-order valence-corrected chi connectivity index (χ2v) is 7.41. The van der Waals surface area contributed by atoms with Gasteiger partial charge in [0.05, 0.1) is 17.9 Å². The van der Waals surface area contributed by atoms with E-state index in [1.165, 1.54) is 6.92 Å². The van der Waals surface area contributed by atoms with Crippen molar-refractivity contribution in [3.05, 3.63) is 17.5 Å². The minimum Gasteiger partial charge on any atom is -0.375 e. The van der Waals surface area contributed by atoms with E-state index in [0.29, 0.717) is 25.3 Å². The van der Waals surface area contributed by atoms with Crippen molar-refractivity contribution in [1.82, 2.24) is 20.0 Å². The molecular formula is C17H25F3N4O2. The molecule has 2 fully saturated rings. The molecule has 2 saturated heterocycles. The molecule has 9 heteroatoms. The van der Waals surface area contributed by atoms with Crippen LogP contribution >= 0.6 is 0 Å². The van der Waals surface area contributed by atoms with Gasteiger partial charge in [0.1, 0.15) is 5.69 Å². The summed E-state index contributed by atoms with van der Waals surface area (Å²) in [6.07, 6.45) is -1.68. The largest absolute Gasteiger partial charge is 0.433 e. The second kappa shape index (κ2) is 7.09. The number of ether oxygens (including phenoxy) is 1. The fourth-order valence-electron chi connectivity index (χ4n) is 3.55. The number of likely N-dealkylation sites (tertiary alicyclic amines) is 1. The van der Waals surface area contributed by atoms with Crippen LogP contribution in [0.4, 0.5) is 18.0 Å². The number of carbonyl (C=O) groups is 1. The van der Waals surface area contributed by atoms with E-state index < -0.39 is 11.9 Å². The number of nitrogens with one attached hydrogen (secondary N) is 1. The maximum absolute atomic E-state index is 13.0. The van der Waals surface area contributed by atoms with Gasteiger partial charge in [-0.05, 0) is 38.2 Å². The first-order chi connectivity index (χ1) is 12.2. The Morgan fingerprint density at radius 3 is 2.58 bits per heavy atom. The molecule has 6 nitrogen and oxygen atoms in total. The van der Waals surface area contributed by atoms with Crippen molar-refractivity contribution in [2.24, 2.45) is 5.92 Å². The maximum atomic E-state index is 13.0. The second-order valence-electron chi connectivity index (χ2n) is 7.41. The lowest BCUT2D eigenvalue weighted by Gasteiger charge is -2.47. The van der Waals surface area contributed by atoms with Gasteiger partial charge in [0.2, 0.25) is 0 Å². The Hall–Kier alpha value is -1.77. The van der Waals surface area contributed by atoms with E-state index in [-0.39, 0.29) is 24.1 Å². The first-order valence-electron chi connectivity index (χ1n) is 8.97. The number of piperidine rings is 1. The number of halogens is 3. The van der Waals surface area contributed by atoms with Gasteiger partial charge in [0, 0.05) is 26.2 Å². The number of alkyl halides is 3. The topological polar surface area (TPSA) is 59.4 Å². The summed E-state index contributed by atoms with van der Waals surface area (Å²) in [6.45, 7) is 5.83. The van der Waals surface area contributed by atoms with Gasteiger partial charge >= 0.3 is 12.2 Å². The third-order valence-electron chi connectivity index (χ3n) is 5.21. The summed E-state index contributed by atoms with van der Waals surface area (Å²) in [4.78, 5) is 14.0. The van der Waals surface area contributed by atoms with E-state index in [0.717, 1.165) is 36.6 Å². The van der Waals surface area contributed by atoms with Gasteiger partial charge in [0.25, 0.3) is 0 Å². The van der Waals surface area contributed by atoms with Crippen LogP contribution in [0.15, 0.2) is 6.07 Å². The van der Waals surface area contributed by atoms with Gasteiger partial charge in [-0.25, -0.2) is 4.79 Å². The third kappa shape index (κ3) is 4.13. The number of aryl methyl sites for hydroxylation is 1. The zero-order chi connectivity index (χ0) is 18.9. The van der Waals surface area contributed by atoms with E-state index in [1.54, 1.807) is 11.8 Å². The SMILES string of the molecule is Cc1cc(C(F)(F)F)n(CC(C)CNC(=O)N2CCC3(CCO3)CC2)n1. The summed E-state index contributed by atoms with van der Waals surface area (Å²) < 4.78 is 45.7. The standard InChI is InChI=1S/C17H25F3N4O2/c1-12(11-24-14(17(18,19)20)9-13(2)22-24)10-21-15(25)23-6-3-16(4-7-23)5-8-26-16/h9,12H,3-8,10-11H2,1-2H3,(H,21,25). The molecule has 1 aromatic rings. The highest BCUT2D eigenvalue weighted by Gasteiger charge is 2.42. The molecule has 0 bridgehead atoms. The van der Waals surface area contributed by atoms with Crippen LogP contribution in [0.2, 0.25) is 0 Å². The molecule has 0 aliphatic carbocycles. The zero-order valence-corrected chi connectivity index (χ0v) is 15.1. The predicted octanol–water partition coefficient (Wildman–Crippen LogP) is 2.81. The molecule has 3 rings (SSSR count). The van der Waals surface area contributed by atoms with Crippen molar-refractivity contribution < 1.29 is 22.7 Å². The number of hydrogen-bond acceptors (Lipinski definition) is 3. The van der Waals surface area contributed by atoms with Crippen LogP contribution in [0.25, 0.3) is 0 Å². The summed E-state index contributed by atoms with van der Waals surface area (Å²) >= 11 is 0. The summed E-state index contributed by atoms with van der Waals surface area (Å²) in [5.74, 6) is -0.176. The molecule has 0 saturated carbocycles. The van der Waals surface area contributed by atoms with Crippen LogP contribution in [0.3, 0.4) is 0 Å². The van der Waals surface area contributed by atoms with E-state index in [2.05, 4.69) is 10.4 Å². The number of urea groups is 1. The molecule has 0 aromatic carbocycles. The lowest BCUT2D eigenvalue weighted by Crippen LogP contribution is -2.55. The van der Waals surface area contributed by atoms with E-state index in [9.17, 15) is 18.0 Å². The molecule has 2 amide bonds. The van der Waals surface area contributed by atoms with Crippen LogP contribution in [0.1, 0.15) is 37.6 Å². The van der Waals surface area contributed by atoms with Crippen molar-refractivity contribution in [2.75, 3.05) is 26.2 Å². The molecule has 1 aromatic heterocycles. The van der Waals surface area contributed by atoms with Crippen LogP contribution in [0.5, 0.6) is 0 Å². The molecule has 2 aliphatic heterocycles. The first kappa shape index (κ1) is 19.0. The molecular weight excluding hydrogens is 349 g/mol. The molecule has 3 heterocycles. The molecule has 2 aliphatic rings. The van der Waals surface area contributed by atoms with Gasteiger partial charge in [-0.3, -0.25) is 4.68 Å². The average molecular weight is 374 g/mol. The van der Waals surface area contributed by atoms with Gasteiger partial charge in [0.15, 0.2) is 0 Å². The zero-order valence-electron chi connectivity index (χ0n) is 15.1. The van der Waals surface area contributed by atoms with Gasteiger partial charge < -0.3 is 15.0 Å². The van der Waals surface area contributed by atoms with Crippen LogP contribution in [-0.4, -0.2) is 52.6 Å². The van der Waals surface area contributed by atoms with Crippen LogP contribution < -0.4 is 5.32 Å². The third-order valence-corrected chi connectivity index (χ3v) is 5.21. The van der Waals surface area contributed by atoms with E-state index >= 15 is 0 Å². The van der Waals surface area contributed by atoms with Gasteiger partial charge in [-0.1, -0.05) is 6.92 Å². The van der Waals surface area contributed by atoms with Crippen LogP contribution in [0, 0.1) is 12.8 Å². The minimum atomic E-state index is -4.43. The number of nitrogens with zero attached hydrogens (tertiary/aromatic N) is 3. The number of hydrogen-bond donors (Lipinski definition) is 1. The van der Waals surface area contributed by atoms with Crippen molar-refractivity contribution in [3.8, 4) is 0 Å². The Labute approximate surface area is 150 Å². The number of rotatable bonds is 4. The molecule has 26 heavy (non-hydrogen) atoms. The minimum absolute atomic E-state index is 0.0178.